The molecule has 34 heavy (non-hydrogen) atoms. The van der Waals surface area contributed by atoms with Crippen molar-refractivity contribution in [3.05, 3.63) is 12.7 Å². The molecular weight excluding hydrogens is 436 g/mol. The maximum Gasteiger partial charge on any atom is 0.312 e. The molecule has 3 aliphatic rings. The number of hydrogen-bond donors (Lipinski definition) is 1. The molecule has 1 N–H and O–H groups in total. The summed E-state index contributed by atoms with van der Waals surface area (Å²) in [7, 11) is 0. The van der Waals surface area contributed by atoms with Crippen LogP contribution in [0.1, 0.15) is 72.1 Å². The number of likely N-dealkylation sites (tertiary alicyclic amines) is 1. The molecule has 0 aromatic carbocycles. The minimum absolute atomic E-state index is 0.0970. The number of fused-ring (bicyclic) bond motifs is 1. The van der Waals surface area contributed by atoms with E-state index in [2.05, 4.69) is 13.5 Å². The molecule has 2 amide bonds. The molecule has 5 atom stereocenters. The first-order chi connectivity index (χ1) is 16.3. The summed E-state index contributed by atoms with van der Waals surface area (Å²) in [6.07, 6.45) is 7.92. The summed E-state index contributed by atoms with van der Waals surface area (Å²) in [6.45, 7) is 11.3. The molecule has 8 nitrogen and oxygen atoms in total. The van der Waals surface area contributed by atoms with Gasteiger partial charge in [-0.1, -0.05) is 25.8 Å². The summed E-state index contributed by atoms with van der Waals surface area (Å²) in [4.78, 5) is 44.4. The molecule has 192 valence electrons. The molecule has 3 fully saturated rings. The second kappa shape index (κ2) is 11.2. The van der Waals surface area contributed by atoms with Crippen molar-refractivity contribution in [2.75, 3.05) is 32.8 Å². The Labute approximate surface area is 203 Å². The monoisotopic (exact) mass is 478 g/mol. The molecule has 3 rings (SSSR count). The highest BCUT2D eigenvalue weighted by molar-refractivity contribution is 5.98. The molecule has 2 bridgehead atoms. The smallest absolute Gasteiger partial charge is 0.312 e. The lowest BCUT2D eigenvalue weighted by atomic mass is 9.66. The fourth-order valence-corrected chi connectivity index (χ4v) is 6.28. The fourth-order valence-electron chi connectivity index (χ4n) is 6.28. The number of aliphatic hydroxyl groups is 1. The third kappa shape index (κ3) is 4.63. The molecule has 0 aromatic heterocycles. The first-order valence-electron chi connectivity index (χ1n) is 13.0. The van der Waals surface area contributed by atoms with Crippen LogP contribution in [-0.4, -0.2) is 82.8 Å². The van der Waals surface area contributed by atoms with Crippen molar-refractivity contribution in [1.82, 2.24) is 9.80 Å². The normalized spacial score (nSPS) is 31.6. The summed E-state index contributed by atoms with van der Waals surface area (Å²) in [6, 6.07) is -0.762. The van der Waals surface area contributed by atoms with Gasteiger partial charge in [-0.05, 0) is 52.4 Å². The SMILES string of the molecule is C=CCN(CCCCC)C(=O)C1N(CCCCCO)C(=O)[C@@H]2[C@@H](C(=O)OCC)[C@@]3(C)CCC12O3. The molecule has 0 radical (unpaired) electrons. The van der Waals surface area contributed by atoms with E-state index < -0.39 is 35.0 Å². The maximum atomic E-state index is 14.1. The zero-order valence-corrected chi connectivity index (χ0v) is 21.1. The highest BCUT2D eigenvalue weighted by Crippen LogP contribution is 2.63. The second-order valence-electron chi connectivity index (χ2n) is 10.1. The average molecular weight is 479 g/mol. The van der Waals surface area contributed by atoms with E-state index >= 15 is 0 Å². The van der Waals surface area contributed by atoms with Gasteiger partial charge < -0.3 is 24.4 Å². The van der Waals surface area contributed by atoms with Gasteiger partial charge in [-0.25, -0.2) is 0 Å². The lowest BCUT2D eigenvalue weighted by Crippen LogP contribution is -2.56. The van der Waals surface area contributed by atoms with Gasteiger partial charge in [-0.15, -0.1) is 6.58 Å². The Morgan fingerprint density at radius 2 is 2.00 bits per heavy atom. The number of carbonyl (C=O) groups excluding carboxylic acids is 3. The van der Waals surface area contributed by atoms with Crippen molar-refractivity contribution in [1.29, 1.82) is 0 Å². The van der Waals surface area contributed by atoms with E-state index in [-0.39, 0.29) is 25.0 Å². The number of esters is 1. The third-order valence-corrected chi connectivity index (χ3v) is 7.80. The van der Waals surface area contributed by atoms with Gasteiger partial charge in [0.05, 0.1) is 18.1 Å². The molecular formula is C26H42N2O6. The van der Waals surface area contributed by atoms with Crippen molar-refractivity contribution in [2.45, 2.75) is 89.4 Å². The van der Waals surface area contributed by atoms with Crippen LogP contribution in [0.5, 0.6) is 0 Å². The van der Waals surface area contributed by atoms with Crippen LogP contribution in [0, 0.1) is 11.8 Å². The van der Waals surface area contributed by atoms with E-state index in [0.717, 1.165) is 25.7 Å². The van der Waals surface area contributed by atoms with Gasteiger partial charge >= 0.3 is 5.97 Å². The molecule has 2 unspecified atom stereocenters. The number of aliphatic hydroxyl groups excluding tert-OH is 1. The molecule has 1 spiro atoms. The fraction of sp³-hybridized carbons (Fsp3) is 0.808. The van der Waals surface area contributed by atoms with Gasteiger partial charge in [-0.3, -0.25) is 14.4 Å². The zero-order valence-electron chi connectivity index (χ0n) is 21.1. The van der Waals surface area contributed by atoms with Crippen LogP contribution < -0.4 is 0 Å². The summed E-state index contributed by atoms with van der Waals surface area (Å²) in [5.41, 5.74) is -1.82. The van der Waals surface area contributed by atoms with Gasteiger partial charge in [0.2, 0.25) is 11.8 Å². The highest BCUT2D eigenvalue weighted by Gasteiger charge is 2.78. The predicted molar refractivity (Wildman–Crippen MR) is 128 cm³/mol. The average Bonchev–Trinajstić information content (AvgIpc) is 3.37. The number of amides is 2. The molecule has 8 heteroatoms. The number of carbonyl (C=O) groups is 3. The van der Waals surface area contributed by atoms with E-state index in [1.54, 1.807) is 22.8 Å². The van der Waals surface area contributed by atoms with Crippen LogP contribution in [0.4, 0.5) is 0 Å². The minimum Gasteiger partial charge on any atom is -0.466 e. The summed E-state index contributed by atoms with van der Waals surface area (Å²) in [5, 5.41) is 9.15. The van der Waals surface area contributed by atoms with Gasteiger partial charge in [0.15, 0.2) is 0 Å². The standard InChI is InChI=1S/C26H42N2O6/c1-5-8-10-16-27(15-6-2)23(31)21-26-14-13-25(4,34-26)20(24(32)33-7-3)19(26)22(30)28(21)17-11-9-12-18-29/h6,19-21,29H,2,5,7-18H2,1,3-4H3/t19-,20-,21?,25+,26?/m0/s1. The van der Waals surface area contributed by atoms with Crippen LogP contribution in [0.2, 0.25) is 0 Å². The minimum atomic E-state index is -1.01. The number of unbranched alkanes of at least 4 members (excludes halogenated alkanes) is 4. The van der Waals surface area contributed by atoms with Crippen molar-refractivity contribution in [3.8, 4) is 0 Å². The Balaban J connectivity index is 1.96. The van der Waals surface area contributed by atoms with Gasteiger partial charge in [0.1, 0.15) is 17.6 Å². The molecule has 0 aliphatic carbocycles. The topological polar surface area (TPSA) is 96.4 Å². The largest absolute Gasteiger partial charge is 0.466 e. The van der Waals surface area contributed by atoms with Crippen molar-refractivity contribution in [2.24, 2.45) is 11.8 Å². The third-order valence-electron chi connectivity index (χ3n) is 7.80. The van der Waals surface area contributed by atoms with Crippen molar-refractivity contribution in [3.63, 3.8) is 0 Å². The van der Waals surface area contributed by atoms with E-state index in [1.165, 1.54) is 0 Å². The second-order valence-corrected chi connectivity index (χ2v) is 10.1. The summed E-state index contributed by atoms with van der Waals surface area (Å²) >= 11 is 0. The highest BCUT2D eigenvalue weighted by atomic mass is 16.6. The Morgan fingerprint density at radius 1 is 1.24 bits per heavy atom. The first-order valence-corrected chi connectivity index (χ1v) is 13.0. The predicted octanol–water partition coefficient (Wildman–Crippen LogP) is 2.68. The maximum absolute atomic E-state index is 14.1. The number of nitrogens with zero attached hydrogens (tertiary/aromatic N) is 2. The van der Waals surface area contributed by atoms with E-state index in [4.69, 9.17) is 14.6 Å². The van der Waals surface area contributed by atoms with Crippen LogP contribution >= 0.6 is 0 Å². The Kier molecular flexibility index (Phi) is 8.79. The number of rotatable bonds is 14. The molecule has 3 saturated heterocycles. The lowest BCUT2D eigenvalue weighted by molar-refractivity contribution is -0.160. The zero-order chi connectivity index (χ0) is 24.9. The van der Waals surface area contributed by atoms with Crippen molar-refractivity contribution >= 4 is 17.8 Å². The molecule has 3 aliphatic heterocycles. The molecule has 0 aromatic rings. The van der Waals surface area contributed by atoms with E-state index in [0.29, 0.717) is 45.3 Å². The molecule has 0 saturated carbocycles. The molecule has 3 heterocycles. The Hall–Kier alpha value is -1.93. The van der Waals surface area contributed by atoms with E-state index in [1.807, 2.05) is 6.92 Å². The number of hydrogen-bond acceptors (Lipinski definition) is 6. The Morgan fingerprint density at radius 3 is 2.65 bits per heavy atom. The first kappa shape index (κ1) is 26.7. The quantitative estimate of drug-likeness (QED) is 0.234. The van der Waals surface area contributed by atoms with Crippen molar-refractivity contribution < 1.29 is 29.0 Å². The van der Waals surface area contributed by atoms with Crippen LogP contribution in [0.3, 0.4) is 0 Å². The number of ether oxygens (including phenoxy) is 2. The summed E-state index contributed by atoms with van der Waals surface area (Å²) in [5.74, 6) is -2.14. The lowest BCUT2D eigenvalue weighted by Gasteiger charge is -2.37. The van der Waals surface area contributed by atoms with Gasteiger partial charge in [0, 0.05) is 26.2 Å². The van der Waals surface area contributed by atoms with Crippen LogP contribution in [0.25, 0.3) is 0 Å². The Bertz CT molecular complexity index is 772. The summed E-state index contributed by atoms with van der Waals surface area (Å²) < 4.78 is 12.0. The van der Waals surface area contributed by atoms with Gasteiger partial charge in [0.25, 0.3) is 0 Å². The van der Waals surface area contributed by atoms with Crippen LogP contribution in [-0.2, 0) is 23.9 Å². The van der Waals surface area contributed by atoms with Crippen LogP contribution in [0.15, 0.2) is 12.7 Å². The van der Waals surface area contributed by atoms with E-state index in [9.17, 15) is 14.4 Å². The van der Waals surface area contributed by atoms with Gasteiger partial charge in [-0.2, -0.15) is 0 Å².